The summed E-state index contributed by atoms with van der Waals surface area (Å²) in [5, 5.41) is 6.05. The Morgan fingerprint density at radius 1 is 1.59 bits per heavy atom. The third kappa shape index (κ3) is 2.74. The fourth-order valence-corrected chi connectivity index (χ4v) is 1.85. The van der Waals surface area contributed by atoms with Gasteiger partial charge in [0.25, 0.3) is 5.91 Å². The van der Waals surface area contributed by atoms with E-state index in [1.165, 1.54) is 25.3 Å². The maximum atomic E-state index is 13.2. The summed E-state index contributed by atoms with van der Waals surface area (Å²) in [6, 6.07) is 4.25. The van der Waals surface area contributed by atoms with Crippen LogP contribution in [-0.4, -0.2) is 32.1 Å². The lowest BCUT2D eigenvalue weighted by Gasteiger charge is -2.12. The molecule has 0 aliphatic carbocycles. The van der Waals surface area contributed by atoms with Gasteiger partial charge in [0.2, 0.25) is 0 Å². The molecule has 0 aromatic heterocycles. The molecule has 17 heavy (non-hydrogen) atoms. The number of amides is 1. The number of benzene rings is 1. The van der Waals surface area contributed by atoms with Gasteiger partial charge in [0.15, 0.2) is 11.6 Å². The monoisotopic (exact) mass is 238 g/mol. The van der Waals surface area contributed by atoms with Crippen LogP contribution in [0.15, 0.2) is 18.2 Å². The van der Waals surface area contributed by atoms with E-state index in [9.17, 15) is 9.18 Å². The van der Waals surface area contributed by atoms with E-state index in [0.717, 1.165) is 19.5 Å². The second-order valence-corrected chi connectivity index (χ2v) is 4.01. The molecule has 1 aliphatic heterocycles. The largest absolute Gasteiger partial charge is 0.494 e. The van der Waals surface area contributed by atoms with Gasteiger partial charge >= 0.3 is 0 Å². The minimum atomic E-state index is -0.466. The Bertz CT molecular complexity index is 417. The van der Waals surface area contributed by atoms with Crippen molar-refractivity contribution in [2.45, 2.75) is 12.5 Å². The molecule has 92 valence electrons. The summed E-state index contributed by atoms with van der Waals surface area (Å²) >= 11 is 0. The zero-order chi connectivity index (χ0) is 12.3. The summed E-state index contributed by atoms with van der Waals surface area (Å²) in [6.07, 6.45) is 0.921. The van der Waals surface area contributed by atoms with Crippen molar-refractivity contribution < 1.29 is 13.9 Å². The van der Waals surface area contributed by atoms with E-state index in [0.29, 0.717) is 5.56 Å². The van der Waals surface area contributed by atoms with Crippen molar-refractivity contribution in [3.05, 3.63) is 29.6 Å². The average Bonchev–Trinajstić information content (AvgIpc) is 2.82. The van der Waals surface area contributed by atoms with Crippen LogP contribution < -0.4 is 15.4 Å². The topological polar surface area (TPSA) is 50.4 Å². The van der Waals surface area contributed by atoms with Crippen molar-refractivity contribution in [1.29, 1.82) is 0 Å². The highest BCUT2D eigenvalue weighted by atomic mass is 19.1. The molecule has 1 aromatic carbocycles. The smallest absolute Gasteiger partial charge is 0.251 e. The minimum absolute atomic E-state index is 0.0854. The van der Waals surface area contributed by atoms with Crippen molar-refractivity contribution in [1.82, 2.24) is 10.6 Å². The number of ether oxygens (including phenoxy) is 1. The molecule has 1 saturated heterocycles. The molecule has 2 rings (SSSR count). The number of methoxy groups -OCH3 is 1. The van der Waals surface area contributed by atoms with E-state index in [1.54, 1.807) is 0 Å². The molecular weight excluding hydrogens is 223 g/mol. The molecular formula is C12H15FN2O2. The van der Waals surface area contributed by atoms with Crippen LogP contribution in [0.4, 0.5) is 4.39 Å². The van der Waals surface area contributed by atoms with Crippen LogP contribution in [0.3, 0.4) is 0 Å². The minimum Gasteiger partial charge on any atom is -0.494 e. The van der Waals surface area contributed by atoms with E-state index in [4.69, 9.17) is 4.74 Å². The lowest BCUT2D eigenvalue weighted by atomic mass is 10.1. The number of carbonyl (C=O) groups excluding carboxylic acids is 1. The van der Waals surface area contributed by atoms with Crippen molar-refractivity contribution in [2.24, 2.45) is 0 Å². The van der Waals surface area contributed by atoms with E-state index in [1.807, 2.05) is 0 Å². The number of halogens is 1. The lowest BCUT2D eigenvalue weighted by molar-refractivity contribution is 0.0939. The summed E-state index contributed by atoms with van der Waals surface area (Å²) in [7, 11) is 1.38. The maximum Gasteiger partial charge on any atom is 0.251 e. The molecule has 1 aliphatic rings. The SMILES string of the molecule is COc1cc(C(=O)NC2CCNC2)ccc1F. The van der Waals surface area contributed by atoms with Crippen LogP contribution >= 0.6 is 0 Å². The van der Waals surface area contributed by atoms with Crippen molar-refractivity contribution in [3.8, 4) is 5.75 Å². The number of rotatable bonds is 3. The van der Waals surface area contributed by atoms with Gasteiger partial charge in [-0.1, -0.05) is 0 Å². The second kappa shape index (κ2) is 5.14. The van der Waals surface area contributed by atoms with Crippen LogP contribution in [0, 0.1) is 5.82 Å². The molecule has 1 unspecified atom stereocenters. The van der Waals surface area contributed by atoms with E-state index in [2.05, 4.69) is 10.6 Å². The van der Waals surface area contributed by atoms with E-state index in [-0.39, 0.29) is 17.7 Å². The molecule has 1 aromatic rings. The molecule has 5 heteroatoms. The molecule has 4 nitrogen and oxygen atoms in total. The Hall–Kier alpha value is -1.62. The van der Waals surface area contributed by atoms with Gasteiger partial charge in [0.05, 0.1) is 7.11 Å². The van der Waals surface area contributed by atoms with Crippen LogP contribution in [0.2, 0.25) is 0 Å². The first-order valence-corrected chi connectivity index (χ1v) is 5.56. The van der Waals surface area contributed by atoms with Crippen LogP contribution in [0.5, 0.6) is 5.75 Å². The summed E-state index contributed by atoms with van der Waals surface area (Å²) < 4.78 is 18.0. The highest BCUT2D eigenvalue weighted by Crippen LogP contribution is 2.18. The zero-order valence-corrected chi connectivity index (χ0v) is 9.63. The molecule has 1 amide bonds. The van der Waals surface area contributed by atoms with Gasteiger partial charge in [-0.25, -0.2) is 4.39 Å². The lowest BCUT2D eigenvalue weighted by Crippen LogP contribution is -2.36. The van der Waals surface area contributed by atoms with E-state index >= 15 is 0 Å². The Morgan fingerprint density at radius 2 is 2.41 bits per heavy atom. The van der Waals surface area contributed by atoms with Gasteiger partial charge in [-0.2, -0.15) is 0 Å². The number of carbonyl (C=O) groups is 1. The van der Waals surface area contributed by atoms with Crippen LogP contribution in [0.25, 0.3) is 0 Å². The van der Waals surface area contributed by atoms with Crippen LogP contribution in [-0.2, 0) is 0 Å². The van der Waals surface area contributed by atoms with E-state index < -0.39 is 5.82 Å². The molecule has 1 atom stereocenters. The Labute approximate surface area is 99.2 Å². The second-order valence-electron chi connectivity index (χ2n) is 4.01. The first-order chi connectivity index (χ1) is 8.20. The van der Waals surface area contributed by atoms with Gasteiger partial charge < -0.3 is 15.4 Å². The summed E-state index contributed by atoms with van der Waals surface area (Å²) in [5.41, 5.74) is 0.412. The Morgan fingerprint density at radius 3 is 3.06 bits per heavy atom. The normalized spacial score (nSPS) is 19.1. The number of nitrogens with one attached hydrogen (secondary N) is 2. The Balaban J connectivity index is 2.07. The average molecular weight is 238 g/mol. The summed E-state index contributed by atoms with van der Waals surface area (Å²) in [4.78, 5) is 11.9. The zero-order valence-electron chi connectivity index (χ0n) is 9.63. The highest BCUT2D eigenvalue weighted by molar-refractivity contribution is 5.94. The predicted octanol–water partition coefficient (Wildman–Crippen LogP) is 0.926. The molecule has 2 N–H and O–H groups in total. The molecule has 0 spiro atoms. The third-order valence-corrected chi connectivity index (χ3v) is 2.81. The first kappa shape index (κ1) is 11.9. The van der Waals surface area contributed by atoms with Gasteiger partial charge in [0, 0.05) is 18.2 Å². The van der Waals surface area contributed by atoms with Crippen molar-refractivity contribution in [3.63, 3.8) is 0 Å². The highest BCUT2D eigenvalue weighted by Gasteiger charge is 2.18. The standard InChI is InChI=1S/C12H15FN2O2/c1-17-11-6-8(2-3-10(11)13)12(16)15-9-4-5-14-7-9/h2-3,6,9,14H,4-5,7H2,1H3,(H,15,16). The number of hydrogen-bond donors (Lipinski definition) is 2. The summed E-state index contributed by atoms with van der Waals surface area (Å²) in [6.45, 7) is 1.70. The van der Waals surface area contributed by atoms with Gasteiger partial charge in [-0.05, 0) is 31.2 Å². The fraction of sp³-hybridized carbons (Fsp3) is 0.417. The number of hydrogen-bond acceptors (Lipinski definition) is 3. The van der Waals surface area contributed by atoms with Gasteiger partial charge in [-0.3, -0.25) is 4.79 Å². The molecule has 0 radical (unpaired) electrons. The third-order valence-electron chi connectivity index (χ3n) is 2.81. The van der Waals surface area contributed by atoms with Gasteiger partial charge in [-0.15, -0.1) is 0 Å². The first-order valence-electron chi connectivity index (χ1n) is 5.56. The molecule has 0 saturated carbocycles. The van der Waals surface area contributed by atoms with Crippen molar-refractivity contribution >= 4 is 5.91 Å². The summed E-state index contributed by atoms with van der Waals surface area (Å²) in [5.74, 6) is -0.578. The van der Waals surface area contributed by atoms with Crippen molar-refractivity contribution in [2.75, 3.05) is 20.2 Å². The predicted molar refractivity (Wildman–Crippen MR) is 61.7 cm³/mol. The quantitative estimate of drug-likeness (QED) is 0.823. The van der Waals surface area contributed by atoms with Gasteiger partial charge in [0.1, 0.15) is 0 Å². The fourth-order valence-electron chi connectivity index (χ4n) is 1.85. The molecule has 1 fully saturated rings. The maximum absolute atomic E-state index is 13.2. The molecule has 1 heterocycles. The van der Waals surface area contributed by atoms with Crippen LogP contribution in [0.1, 0.15) is 16.8 Å². The Kier molecular flexibility index (Phi) is 3.58. The molecule has 0 bridgehead atoms.